The molecule has 0 spiro atoms. The van der Waals surface area contributed by atoms with Gasteiger partial charge in [0.05, 0.1) is 17.8 Å². The van der Waals surface area contributed by atoms with Gasteiger partial charge < -0.3 is 32.5 Å². The van der Waals surface area contributed by atoms with Gasteiger partial charge in [0.2, 0.25) is 0 Å². The number of rotatable bonds is 24. The van der Waals surface area contributed by atoms with Crippen LogP contribution in [0, 0.1) is 46.3 Å². The Hall–Kier alpha value is -1.71. The van der Waals surface area contributed by atoms with Crippen LogP contribution in [0.4, 0.5) is 0 Å². The van der Waals surface area contributed by atoms with Gasteiger partial charge in [-0.1, -0.05) is 107 Å². The van der Waals surface area contributed by atoms with Gasteiger partial charge in [-0.25, -0.2) is 0 Å². The summed E-state index contributed by atoms with van der Waals surface area (Å²) >= 11 is 0. The fourth-order valence-electron chi connectivity index (χ4n) is 5.90. The van der Waals surface area contributed by atoms with Gasteiger partial charge in [-0.3, -0.25) is 14.4 Å². The molecule has 1 saturated carbocycles. The Kier molecular flexibility index (Phi) is 25.6. The third kappa shape index (κ3) is 25.4. The topological polar surface area (TPSA) is 190 Å². The van der Waals surface area contributed by atoms with Gasteiger partial charge in [-0.15, -0.1) is 0 Å². The predicted molar refractivity (Wildman–Crippen MR) is 191 cm³/mol. The van der Waals surface area contributed by atoms with Crippen LogP contribution in [0.15, 0.2) is 0 Å². The van der Waals surface area contributed by atoms with Crippen molar-refractivity contribution in [2.45, 2.75) is 152 Å². The van der Waals surface area contributed by atoms with E-state index < -0.39 is 23.8 Å². The zero-order chi connectivity index (χ0) is 35.9. The minimum atomic E-state index is -0.764. The maximum absolute atomic E-state index is 10.9. The summed E-state index contributed by atoms with van der Waals surface area (Å²) < 4.78 is 0. The second-order valence-electron chi connectivity index (χ2n) is 16.0. The molecule has 1 fully saturated rings. The molecule has 9 nitrogen and oxygen atoms in total. The third-order valence-electron chi connectivity index (χ3n) is 9.29. The van der Waals surface area contributed by atoms with Crippen LogP contribution in [0.2, 0.25) is 0 Å². The van der Waals surface area contributed by atoms with Crippen LogP contribution in [-0.2, 0) is 14.4 Å². The number of carboxylic acid groups (broad SMARTS) is 3. The molecular formula is C37H75N3O6. The second-order valence-corrected chi connectivity index (χ2v) is 16.0. The molecular weight excluding hydrogens is 582 g/mol. The van der Waals surface area contributed by atoms with Crippen LogP contribution in [0.5, 0.6) is 0 Å². The summed E-state index contributed by atoms with van der Waals surface area (Å²) in [6.07, 6.45) is 16.3. The first-order chi connectivity index (χ1) is 21.3. The number of carboxylic acids is 3. The lowest BCUT2D eigenvalue weighted by Crippen LogP contribution is -2.29. The number of hydrogen-bond donors (Lipinski definition) is 6. The molecule has 0 bridgehead atoms. The van der Waals surface area contributed by atoms with Gasteiger partial charge in [0.15, 0.2) is 0 Å². The molecule has 0 aromatic carbocycles. The largest absolute Gasteiger partial charge is 0.481 e. The van der Waals surface area contributed by atoms with E-state index in [-0.39, 0.29) is 36.9 Å². The van der Waals surface area contributed by atoms with Crippen LogP contribution in [0.3, 0.4) is 0 Å². The summed E-state index contributed by atoms with van der Waals surface area (Å²) in [6, 6.07) is 0. The van der Waals surface area contributed by atoms with Crippen molar-refractivity contribution >= 4 is 17.9 Å². The Balaban J connectivity index is 0. The average Bonchev–Trinajstić information content (AvgIpc) is 3.71. The van der Waals surface area contributed by atoms with Gasteiger partial charge in [0.25, 0.3) is 0 Å². The molecule has 1 aliphatic rings. The minimum Gasteiger partial charge on any atom is -0.481 e. The van der Waals surface area contributed by atoms with E-state index in [2.05, 4.69) is 55.4 Å². The molecule has 0 aliphatic heterocycles. The van der Waals surface area contributed by atoms with E-state index in [0.717, 1.165) is 49.9 Å². The second kappa shape index (κ2) is 25.3. The molecule has 46 heavy (non-hydrogen) atoms. The van der Waals surface area contributed by atoms with E-state index in [4.69, 9.17) is 32.5 Å². The molecule has 0 saturated heterocycles. The summed E-state index contributed by atoms with van der Waals surface area (Å²) in [7, 11) is 0. The van der Waals surface area contributed by atoms with E-state index >= 15 is 0 Å². The van der Waals surface area contributed by atoms with E-state index in [1.807, 2.05) is 0 Å². The van der Waals surface area contributed by atoms with Crippen molar-refractivity contribution in [2.24, 2.45) is 63.5 Å². The Bertz CT molecular complexity index is 775. The summed E-state index contributed by atoms with van der Waals surface area (Å²) in [4.78, 5) is 32.5. The minimum absolute atomic E-state index is 0.0807. The Morgan fingerprint density at radius 2 is 1.02 bits per heavy atom. The van der Waals surface area contributed by atoms with Gasteiger partial charge in [-0.2, -0.15) is 0 Å². The van der Waals surface area contributed by atoms with Crippen molar-refractivity contribution in [1.29, 1.82) is 0 Å². The van der Waals surface area contributed by atoms with Crippen molar-refractivity contribution < 1.29 is 29.7 Å². The van der Waals surface area contributed by atoms with Crippen LogP contribution >= 0.6 is 0 Å². The highest BCUT2D eigenvalue weighted by Gasteiger charge is 2.44. The number of nitrogens with two attached hydrogens (primary N) is 3. The van der Waals surface area contributed by atoms with E-state index in [9.17, 15) is 14.4 Å². The molecule has 3 unspecified atom stereocenters. The van der Waals surface area contributed by atoms with Gasteiger partial charge in [0.1, 0.15) is 0 Å². The highest BCUT2D eigenvalue weighted by atomic mass is 16.4. The lowest BCUT2D eigenvalue weighted by atomic mass is 9.78. The molecule has 0 heterocycles. The summed E-state index contributed by atoms with van der Waals surface area (Å²) in [5, 5.41) is 26.7. The van der Waals surface area contributed by atoms with E-state index in [0.29, 0.717) is 11.8 Å². The third-order valence-corrected chi connectivity index (χ3v) is 9.29. The summed E-state index contributed by atoms with van der Waals surface area (Å²) in [5.74, 6) is -1.08. The molecule has 9 heteroatoms. The predicted octanol–water partition coefficient (Wildman–Crippen LogP) is 7.78. The first-order valence-corrected chi connectivity index (χ1v) is 18.1. The van der Waals surface area contributed by atoms with Crippen molar-refractivity contribution in [3.8, 4) is 0 Å². The van der Waals surface area contributed by atoms with E-state index in [1.54, 1.807) is 0 Å². The van der Waals surface area contributed by atoms with Crippen LogP contribution in [0.1, 0.15) is 152 Å². The molecule has 1 aliphatic carbocycles. The maximum atomic E-state index is 10.9. The zero-order valence-corrected chi connectivity index (χ0v) is 31.0. The van der Waals surface area contributed by atoms with Crippen LogP contribution < -0.4 is 17.2 Å². The molecule has 0 aromatic rings. The fourth-order valence-corrected chi connectivity index (χ4v) is 5.90. The Morgan fingerprint density at radius 3 is 1.41 bits per heavy atom. The molecule has 274 valence electrons. The number of aliphatic carboxylic acids is 3. The highest BCUT2D eigenvalue weighted by Crippen LogP contribution is 2.54. The monoisotopic (exact) mass is 658 g/mol. The lowest BCUT2D eigenvalue weighted by Gasteiger charge is -2.27. The number of carbonyl (C=O) groups is 3. The zero-order valence-electron chi connectivity index (χ0n) is 31.0. The smallest absolute Gasteiger partial charge is 0.307 e. The fraction of sp³-hybridized carbons (Fsp3) is 0.919. The normalized spacial score (nSPS) is 15.8. The first-order valence-electron chi connectivity index (χ1n) is 18.1. The molecule has 0 amide bonds. The number of unbranched alkanes of at least 4 members (excludes halogenated alkanes) is 2. The average molecular weight is 658 g/mol. The quantitative estimate of drug-likeness (QED) is 0.0563. The molecule has 9 N–H and O–H groups in total. The summed E-state index contributed by atoms with van der Waals surface area (Å²) in [6.45, 7) is 18.4. The number of hydrogen-bond acceptors (Lipinski definition) is 6. The maximum Gasteiger partial charge on any atom is 0.307 e. The molecule has 3 atom stereocenters. The van der Waals surface area contributed by atoms with Crippen molar-refractivity contribution in [3.63, 3.8) is 0 Å². The SMILES string of the molecule is CC(C)CCCC(C)(C)CC(CN)C(=O)O.CC(C)CCCC1(CC(CN)C(=O)O)CC1.CC(C)CCCCCC(CN)C(=O)O. The summed E-state index contributed by atoms with van der Waals surface area (Å²) in [5.41, 5.74) is 16.7. The van der Waals surface area contributed by atoms with Gasteiger partial charge in [-0.05, 0) is 73.5 Å². The van der Waals surface area contributed by atoms with Gasteiger partial charge in [0, 0.05) is 19.6 Å². The van der Waals surface area contributed by atoms with Crippen molar-refractivity contribution in [2.75, 3.05) is 19.6 Å². The van der Waals surface area contributed by atoms with Crippen molar-refractivity contribution in [3.05, 3.63) is 0 Å². The van der Waals surface area contributed by atoms with Crippen LogP contribution in [0.25, 0.3) is 0 Å². The standard InChI is InChI=1S/C13H25NO2.C13H27NO2.C11H23NO2/c1-10(2)4-3-5-13(6-7-13)8-11(9-14)12(15)16;1-10(2)6-5-7-13(3,4)8-11(9-14)12(15)16;1-9(2)6-4-3-5-7-10(8-12)11(13)14/h10-11H,3-9,14H2,1-2H3,(H,15,16);10-11H,5-9,14H2,1-4H3,(H,15,16);9-10H,3-8,12H2,1-2H3,(H,13,14). The lowest BCUT2D eigenvalue weighted by molar-refractivity contribution is -0.143. The van der Waals surface area contributed by atoms with E-state index in [1.165, 1.54) is 57.8 Å². The Morgan fingerprint density at radius 1 is 0.609 bits per heavy atom. The van der Waals surface area contributed by atoms with Gasteiger partial charge >= 0.3 is 17.9 Å². The van der Waals surface area contributed by atoms with Crippen LogP contribution in [-0.4, -0.2) is 52.9 Å². The highest BCUT2D eigenvalue weighted by molar-refractivity contribution is 5.71. The first kappa shape index (κ1) is 46.4. The molecule has 1 rings (SSSR count). The Labute approximate surface area is 282 Å². The molecule has 0 aromatic heterocycles. The van der Waals surface area contributed by atoms with Crippen molar-refractivity contribution in [1.82, 2.24) is 0 Å². The molecule has 0 radical (unpaired) electrons.